The summed E-state index contributed by atoms with van der Waals surface area (Å²) in [6.45, 7) is 0.172. The maximum absolute atomic E-state index is 13.5. The number of carbonyl (C=O) groups is 1. The van der Waals surface area contributed by atoms with Crippen LogP contribution in [0.3, 0.4) is 0 Å². The summed E-state index contributed by atoms with van der Waals surface area (Å²) in [7, 11) is 1.22. The molecule has 11 heteroatoms. The lowest BCUT2D eigenvalue weighted by Crippen LogP contribution is -2.27. The predicted molar refractivity (Wildman–Crippen MR) is 145 cm³/mol. The Morgan fingerprint density at radius 2 is 1.73 bits per heavy atom. The molecule has 0 saturated carbocycles. The highest BCUT2D eigenvalue weighted by Gasteiger charge is 2.22. The van der Waals surface area contributed by atoms with E-state index in [2.05, 4.69) is 20.6 Å². The molecular weight excluding hydrogens is 514 g/mol. The zero-order valence-electron chi connectivity index (χ0n) is 20.5. The molecule has 0 aliphatic carbocycles. The Hall–Kier alpha value is -3.73. The van der Waals surface area contributed by atoms with Gasteiger partial charge in [0.25, 0.3) is 0 Å². The Morgan fingerprint density at radius 3 is 2.43 bits per heavy atom. The Labute approximate surface area is 220 Å². The van der Waals surface area contributed by atoms with Gasteiger partial charge < -0.3 is 20.3 Å². The number of methoxy groups -OCH3 is 1. The molecule has 2 N–H and O–H groups in total. The number of aromatic nitrogens is 2. The number of amides is 1. The van der Waals surface area contributed by atoms with Crippen molar-refractivity contribution in [3.63, 3.8) is 0 Å². The number of para-hydroxylation sites is 2. The molecule has 0 spiro atoms. The topological polar surface area (TPSA) is 114 Å². The van der Waals surface area contributed by atoms with Gasteiger partial charge in [-0.2, -0.15) is 0 Å². The standard InChI is InChI=1S/C26H26ClN5O4S/c1-32(2)15-25(33)28-17-7-6-8-19(13-17)37(34,35)16-24-26(30-22-10-5-4-9-21(22)29-24)31-23-14-18(36-3)11-12-20(23)27/h4-14H,15-16H2,1-3H3,(H,28,33)(H,30,31). The van der Waals surface area contributed by atoms with Crippen LogP contribution in [-0.2, 0) is 20.4 Å². The Balaban J connectivity index is 1.70. The van der Waals surface area contributed by atoms with E-state index in [9.17, 15) is 13.2 Å². The van der Waals surface area contributed by atoms with Crippen LogP contribution in [0.1, 0.15) is 5.69 Å². The second-order valence-electron chi connectivity index (χ2n) is 8.55. The van der Waals surface area contributed by atoms with Crippen LogP contribution >= 0.6 is 11.6 Å². The molecular formula is C26H26ClN5O4S. The first kappa shape index (κ1) is 26.3. The quantitative estimate of drug-likeness (QED) is 0.319. The molecule has 0 aliphatic heterocycles. The van der Waals surface area contributed by atoms with E-state index in [1.807, 2.05) is 6.07 Å². The number of nitrogens with one attached hydrogen (secondary N) is 2. The van der Waals surface area contributed by atoms with Crippen LogP contribution in [0.2, 0.25) is 5.02 Å². The van der Waals surface area contributed by atoms with Gasteiger partial charge in [-0.1, -0.05) is 29.8 Å². The largest absolute Gasteiger partial charge is 0.497 e. The molecule has 1 aromatic heterocycles. The second-order valence-corrected chi connectivity index (χ2v) is 10.9. The maximum atomic E-state index is 13.5. The Kier molecular flexibility index (Phi) is 7.91. The van der Waals surface area contributed by atoms with Crippen molar-refractivity contribution in [1.29, 1.82) is 0 Å². The molecule has 0 aliphatic rings. The van der Waals surface area contributed by atoms with Crippen LogP contribution < -0.4 is 15.4 Å². The molecule has 0 fully saturated rings. The average molecular weight is 540 g/mol. The first-order valence-electron chi connectivity index (χ1n) is 11.3. The molecule has 4 aromatic rings. The van der Waals surface area contributed by atoms with Crippen molar-refractivity contribution >= 4 is 55.6 Å². The number of halogens is 1. The number of likely N-dealkylation sites (N-methyl/N-ethyl adjacent to an activating group) is 1. The van der Waals surface area contributed by atoms with Crippen LogP contribution in [0.25, 0.3) is 11.0 Å². The third kappa shape index (κ3) is 6.53. The number of ether oxygens (including phenoxy) is 1. The Bertz CT molecular complexity index is 1560. The van der Waals surface area contributed by atoms with Crippen molar-refractivity contribution in [3.8, 4) is 5.75 Å². The number of hydrogen-bond acceptors (Lipinski definition) is 8. The highest BCUT2D eigenvalue weighted by molar-refractivity contribution is 7.90. The van der Waals surface area contributed by atoms with Crippen LogP contribution in [0.4, 0.5) is 17.2 Å². The number of sulfone groups is 1. The van der Waals surface area contributed by atoms with Gasteiger partial charge in [-0.25, -0.2) is 18.4 Å². The van der Waals surface area contributed by atoms with E-state index in [1.54, 1.807) is 67.5 Å². The molecule has 0 saturated heterocycles. The molecule has 4 rings (SSSR count). The first-order chi connectivity index (χ1) is 17.6. The lowest BCUT2D eigenvalue weighted by atomic mass is 10.2. The van der Waals surface area contributed by atoms with E-state index < -0.39 is 15.6 Å². The Morgan fingerprint density at radius 1 is 1.00 bits per heavy atom. The number of hydrogen-bond donors (Lipinski definition) is 2. The minimum Gasteiger partial charge on any atom is -0.497 e. The number of rotatable bonds is 9. The van der Waals surface area contributed by atoms with Gasteiger partial charge >= 0.3 is 0 Å². The molecule has 9 nitrogen and oxygen atoms in total. The van der Waals surface area contributed by atoms with Crippen LogP contribution in [0.5, 0.6) is 5.75 Å². The number of carbonyl (C=O) groups excluding carboxylic acids is 1. The van der Waals surface area contributed by atoms with Crippen LogP contribution in [0.15, 0.2) is 71.6 Å². The SMILES string of the molecule is COc1ccc(Cl)c(Nc2nc3ccccc3nc2CS(=O)(=O)c2cccc(NC(=O)CN(C)C)c2)c1. The third-order valence-corrected chi connectivity index (χ3v) is 7.29. The van der Waals surface area contributed by atoms with Crippen molar-refractivity contribution in [2.45, 2.75) is 10.6 Å². The van der Waals surface area contributed by atoms with E-state index in [-0.39, 0.29) is 28.9 Å². The van der Waals surface area contributed by atoms with Gasteiger partial charge in [0, 0.05) is 11.8 Å². The zero-order valence-corrected chi connectivity index (χ0v) is 22.1. The fraction of sp³-hybridized carbons (Fsp3) is 0.192. The highest BCUT2D eigenvalue weighted by atomic mass is 35.5. The summed E-state index contributed by atoms with van der Waals surface area (Å²) in [6, 6.07) is 18.4. The number of nitrogens with zero attached hydrogens (tertiary/aromatic N) is 3. The maximum Gasteiger partial charge on any atom is 0.238 e. The van der Waals surface area contributed by atoms with Gasteiger partial charge in [-0.05, 0) is 56.6 Å². The van der Waals surface area contributed by atoms with Crippen molar-refractivity contribution in [2.24, 2.45) is 0 Å². The van der Waals surface area contributed by atoms with Gasteiger partial charge in [0.05, 0.1) is 46.0 Å². The van der Waals surface area contributed by atoms with Gasteiger partial charge in [0.15, 0.2) is 15.7 Å². The molecule has 0 atom stereocenters. The lowest BCUT2D eigenvalue weighted by Gasteiger charge is -2.15. The summed E-state index contributed by atoms with van der Waals surface area (Å²) in [6.07, 6.45) is 0. The molecule has 37 heavy (non-hydrogen) atoms. The van der Waals surface area contributed by atoms with E-state index >= 15 is 0 Å². The third-order valence-electron chi connectivity index (χ3n) is 5.33. The molecule has 0 bridgehead atoms. The molecule has 1 amide bonds. The molecule has 0 unspecified atom stereocenters. The first-order valence-corrected chi connectivity index (χ1v) is 13.3. The van der Waals surface area contributed by atoms with Crippen molar-refractivity contribution in [1.82, 2.24) is 14.9 Å². The molecule has 0 radical (unpaired) electrons. The fourth-order valence-electron chi connectivity index (χ4n) is 3.61. The fourth-order valence-corrected chi connectivity index (χ4v) is 5.10. The van der Waals surface area contributed by atoms with E-state index in [4.69, 9.17) is 16.3 Å². The minimum atomic E-state index is -3.86. The second kappa shape index (κ2) is 11.1. The van der Waals surface area contributed by atoms with E-state index in [0.717, 1.165) is 0 Å². The van der Waals surface area contributed by atoms with E-state index in [0.29, 0.717) is 33.2 Å². The van der Waals surface area contributed by atoms with Crippen molar-refractivity contribution in [3.05, 3.63) is 77.4 Å². The molecule has 3 aromatic carbocycles. The van der Waals surface area contributed by atoms with Gasteiger partial charge in [0.1, 0.15) is 11.5 Å². The summed E-state index contributed by atoms with van der Waals surface area (Å²) in [5, 5.41) is 6.26. The van der Waals surface area contributed by atoms with Crippen LogP contribution in [0, 0.1) is 0 Å². The summed E-state index contributed by atoms with van der Waals surface area (Å²) in [5.41, 5.74) is 2.25. The molecule has 1 heterocycles. The lowest BCUT2D eigenvalue weighted by molar-refractivity contribution is -0.116. The van der Waals surface area contributed by atoms with Crippen LogP contribution in [-0.4, -0.2) is 56.9 Å². The predicted octanol–water partition coefficient (Wildman–Crippen LogP) is 4.51. The summed E-state index contributed by atoms with van der Waals surface area (Å²) in [4.78, 5) is 23.1. The summed E-state index contributed by atoms with van der Waals surface area (Å²) >= 11 is 6.37. The average Bonchev–Trinajstić information content (AvgIpc) is 2.85. The normalized spacial score (nSPS) is 11.5. The van der Waals surface area contributed by atoms with Gasteiger partial charge in [-0.3, -0.25) is 4.79 Å². The zero-order chi connectivity index (χ0) is 26.6. The van der Waals surface area contributed by atoms with Crippen molar-refractivity contribution in [2.75, 3.05) is 38.4 Å². The highest BCUT2D eigenvalue weighted by Crippen LogP contribution is 2.31. The van der Waals surface area contributed by atoms with Crippen molar-refractivity contribution < 1.29 is 17.9 Å². The summed E-state index contributed by atoms with van der Waals surface area (Å²) < 4.78 is 32.2. The smallest absolute Gasteiger partial charge is 0.238 e. The number of benzene rings is 3. The monoisotopic (exact) mass is 539 g/mol. The molecule has 192 valence electrons. The van der Waals surface area contributed by atoms with Gasteiger partial charge in [-0.15, -0.1) is 0 Å². The minimum absolute atomic E-state index is 0.0514. The summed E-state index contributed by atoms with van der Waals surface area (Å²) in [5.74, 6) is 0.154. The van der Waals surface area contributed by atoms with E-state index in [1.165, 1.54) is 19.2 Å². The van der Waals surface area contributed by atoms with Gasteiger partial charge in [0.2, 0.25) is 5.91 Å². The number of fused-ring (bicyclic) bond motifs is 1. The number of anilines is 3.